The van der Waals surface area contributed by atoms with Crippen molar-refractivity contribution in [3.05, 3.63) is 42.0 Å². The number of benzene rings is 2. The summed E-state index contributed by atoms with van der Waals surface area (Å²) >= 11 is 0. The van der Waals surface area contributed by atoms with Gasteiger partial charge in [-0.1, -0.05) is 6.07 Å². The van der Waals surface area contributed by atoms with Crippen LogP contribution in [-0.2, 0) is 13.2 Å². The maximum Gasteiger partial charge on any atom is 0.0682 e. The summed E-state index contributed by atoms with van der Waals surface area (Å²) in [5.41, 5.74) is 4.74. The molecule has 0 saturated carbocycles. The van der Waals surface area contributed by atoms with E-state index in [2.05, 4.69) is 60.6 Å². The molecule has 1 heterocycles. The third-order valence-corrected chi connectivity index (χ3v) is 4.54. The summed E-state index contributed by atoms with van der Waals surface area (Å²) in [6.07, 6.45) is 0. The standard InChI is InChI=1S/C19H24N2O/c1-4-20(5-2)15-8-10-19-17(12-15)16-11-14(13-22)7-9-18(16)21(19)6-3/h7-12,22H,4-6,13H2,1-3H3. The first-order valence-corrected chi connectivity index (χ1v) is 8.14. The van der Waals surface area contributed by atoms with Crippen LogP contribution < -0.4 is 4.90 Å². The Morgan fingerprint density at radius 2 is 1.55 bits per heavy atom. The number of rotatable bonds is 5. The van der Waals surface area contributed by atoms with E-state index in [9.17, 15) is 5.11 Å². The van der Waals surface area contributed by atoms with Gasteiger partial charge in [-0.3, -0.25) is 0 Å². The molecule has 0 radical (unpaired) electrons. The lowest BCUT2D eigenvalue weighted by Crippen LogP contribution is -2.21. The zero-order chi connectivity index (χ0) is 15.7. The van der Waals surface area contributed by atoms with Gasteiger partial charge in [0.2, 0.25) is 0 Å². The Labute approximate surface area is 131 Å². The molecule has 0 atom stereocenters. The maximum atomic E-state index is 9.44. The number of hydrogen-bond acceptors (Lipinski definition) is 2. The quantitative estimate of drug-likeness (QED) is 0.766. The first-order chi connectivity index (χ1) is 10.7. The van der Waals surface area contributed by atoms with Gasteiger partial charge in [-0.15, -0.1) is 0 Å². The van der Waals surface area contributed by atoms with Gasteiger partial charge in [-0.25, -0.2) is 0 Å². The lowest BCUT2D eigenvalue weighted by atomic mass is 10.1. The minimum absolute atomic E-state index is 0.0878. The third kappa shape index (κ3) is 2.26. The molecule has 0 aliphatic rings. The van der Waals surface area contributed by atoms with Crippen LogP contribution in [0.25, 0.3) is 21.8 Å². The van der Waals surface area contributed by atoms with Crippen molar-refractivity contribution in [3.8, 4) is 0 Å². The third-order valence-electron chi connectivity index (χ3n) is 4.54. The topological polar surface area (TPSA) is 28.4 Å². The number of aliphatic hydroxyl groups is 1. The molecule has 0 aliphatic heterocycles. The number of nitrogens with zero attached hydrogens (tertiary/aromatic N) is 2. The molecule has 0 bridgehead atoms. The van der Waals surface area contributed by atoms with Gasteiger partial charge in [0.15, 0.2) is 0 Å². The number of aliphatic hydroxyl groups excluding tert-OH is 1. The monoisotopic (exact) mass is 296 g/mol. The van der Waals surface area contributed by atoms with E-state index in [1.807, 2.05) is 6.07 Å². The average molecular weight is 296 g/mol. The summed E-state index contributed by atoms with van der Waals surface area (Å²) in [5, 5.41) is 11.9. The zero-order valence-corrected chi connectivity index (χ0v) is 13.6. The molecule has 0 aliphatic carbocycles. The lowest BCUT2D eigenvalue weighted by Gasteiger charge is -2.21. The molecule has 116 valence electrons. The first kappa shape index (κ1) is 14.9. The van der Waals surface area contributed by atoms with Crippen molar-refractivity contribution < 1.29 is 5.11 Å². The van der Waals surface area contributed by atoms with Gasteiger partial charge in [0, 0.05) is 47.1 Å². The van der Waals surface area contributed by atoms with Gasteiger partial charge in [0.25, 0.3) is 0 Å². The van der Waals surface area contributed by atoms with Crippen molar-refractivity contribution in [1.29, 1.82) is 0 Å². The Morgan fingerprint density at radius 1 is 0.909 bits per heavy atom. The Bertz CT molecular complexity index is 800. The fourth-order valence-corrected chi connectivity index (χ4v) is 3.36. The highest BCUT2D eigenvalue weighted by Gasteiger charge is 2.12. The smallest absolute Gasteiger partial charge is 0.0682 e. The molecular weight excluding hydrogens is 272 g/mol. The van der Waals surface area contributed by atoms with E-state index in [4.69, 9.17) is 0 Å². The van der Waals surface area contributed by atoms with Crippen molar-refractivity contribution in [2.24, 2.45) is 0 Å². The molecule has 0 saturated heterocycles. The first-order valence-electron chi connectivity index (χ1n) is 8.14. The Balaban J connectivity index is 2.31. The summed E-state index contributed by atoms with van der Waals surface area (Å²) in [6, 6.07) is 13.0. The summed E-state index contributed by atoms with van der Waals surface area (Å²) in [5.74, 6) is 0. The molecule has 3 heteroatoms. The number of hydrogen-bond donors (Lipinski definition) is 1. The van der Waals surface area contributed by atoms with Crippen LogP contribution in [0, 0.1) is 0 Å². The van der Waals surface area contributed by atoms with Crippen LogP contribution in [0.15, 0.2) is 36.4 Å². The van der Waals surface area contributed by atoms with E-state index in [-0.39, 0.29) is 6.61 Å². The second-order valence-corrected chi connectivity index (χ2v) is 5.63. The van der Waals surface area contributed by atoms with E-state index in [0.29, 0.717) is 0 Å². The molecule has 0 fully saturated rings. The highest BCUT2D eigenvalue weighted by atomic mass is 16.3. The molecule has 3 rings (SSSR count). The van der Waals surface area contributed by atoms with Crippen molar-refractivity contribution >= 4 is 27.5 Å². The normalized spacial score (nSPS) is 11.5. The van der Waals surface area contributed by atoms with Crippen LogP contribution in [0.5, 0.6) is 0 Å². The van der Waals surface area contributed by atoms with E-state index in [1.54, 1.807) is 0 Å². The summed E-state index contributed by atoms with van der Waals surface area (Å²) in [4.78, 5) is 2.37. The van der Waals surface area contributed by atoms with Gasteiger partial charge in [0.1, 0.15) is 0 Å². The van der Waals surface area contributed by atoms with E-state index < -0.39 is 0 Å². The predicted octanol–water partition coefficient (Wildman–Crippen LogP) is 4.15. The van der Waals surface area contributed by atoms with Crippen LogP contribution >= 0.6 is 0 Å². The molecule has 0 spiro atoms. The minimum atomic E-state index is 0.0878. The number of aryl methyl sites for hydroxylation is 1. The molecular formula is C19H24N2O. The predicted molar refractivity (Wildman–Crippen MR) is 94.6 cm³/mol. The molecule has 2 aromatic carbocycles. The van der Waals surface area contributed by atoms with Gasteiger partial charge in [-0.05, 0) is 56.7 Å². The van der Waals surface area contributed by atoms with Crippen LogP contribution in [0.1, 0.15) is 26.3 Å². The summed E-state index contributed by atoms with van der Waals surface area (Å²) < 4.78 is 2.35. The van der Waals surface area contributed by atoms with E-state index in [1.165, 1.54) is 27.5 Å². The number of fused-ring (bicyclic) bond motifs is 3. The largest absolute Gasteiger partial charge is 0.392 e. The van der Waals surface area contributed by atoms with Crippen LogP contribution in [0.4, 0.5) is 5.69 Å². The van der Waals surface area contributed by atoms with Gasteiger partial charge >= 0.3 is 0 Å². The van der Waals surface area contributed by atoms with Crippen LogP contribution in [0.2, 0.25) is 0 Å². The average Bonchev–Trinajstić information content (AvgIpc) is 2.88. The van der Waals surface area contributed by atoms with Crippen molar-refractivity contribution in [2.45, 2.75) is 33.9 Å². The minimum Gasteiger partial charge on any atom is -0.392 e. The van der Waals surface area contributed by atoms with E-state index >= 15 is 0 Å². The van der Waals surface area contributed by atoms with Crippen molar-refractivity contribution in [2.75, 3.05) is 18.0 Å². The number of anilines is 1. The second-order valence-electron chi connectivity index (χ2n) is 5.63. The molecule has 22 heavy (non-hydrogen) atoms. The molecule has 3 nitrogen and oxygen atoms in total. The molecule has 1 N–H and O–H groups in total. The van der Waals surface area contributed by atoms with Crippen molar-refractivity contribution in [3.63, 3.8) is 0 Å². The molecule has 3 aromatic rings. The fraction of sp³-hybridized carbons (Fsp3) is 0.368. The zero-order valence-electron chi connectivity index (χ0n) is 13.6. The maximum absolute atomic E-state index is 9.44. The summed E-state index contributed by atoms with van der Waals surface area (Å²) in [6.45, 7) is 9.61. The Morgan fingerprint density at radius 3 is 2.14 bits per heavy atom. The van der Waals surface area contributed by atoms with Crippen LogP contribution in [0.3, 0.4) is 0 Å². The van der Waals surface area contributed by atoms with E-state index in [0.717, 1.165) is 25.2 Å². The summed E-state index contributed by atoms with van der Waals surface area (Å²) in [7, 11) is 0. The molecule has 1 aromatic heterocycles. The lowest BCUT2D eigenvalue weighted by molar-refractivity contribution is 0.282. The SMILES string of the molecule is CCN(CC)c1ccc2c(c1)c1cc(CO)ccc1n2CC. The highest BCUT2D eigenvalue weighted by molar-refractivity contribution is 6.09. The Hall–Kier alpha value is -2.00. The van der Waals surface area contributed by atoms with Gasteiger partial charge in [-0.2, -0.15) is 0 Å². The van der Waals surface area contributed by atoms with Crippen molar-refractivity contribution in [1.82, 2.24) is 4.57 Å². The van der Waals surface area contributed by atoms with Crippen LogP contribution in [-0.4, -0.2) is 22.8 Å². The number of aromatic nitrogens is 1. The molecule has 0 amide bonds. The highest BCUT2D eigenvalue weighted by Crippen LogP contribution is 2.32. The Kier molecular flexibility index (Phi) is 4.08. The fourth-order valence-electron chi connectivity index (χ4n) is 3.36. The molecule has 0 unspecified atom stereocenters. The van der Waals surface area contributed by atoms with Gasteiger partial charge in [0.05, 0.1) is 6.61 Å². The van der Waals surface area contributed by atoms with Gasteiger partial charge < -0.3 is 14.6 Å². The second kappa shape index (κ2) is 6.01.